The van der Waals surface area contributed by atoms with Crippen LogP contribution in [0.25, 0.3) is 21.7 Å². The van der Waals surface area contributed by atoms with E-state index in [1.165, 1.54) is 17.4 Å². The summed E-state index contributed by atoms with van der Waals surface area (Å²) in [6.45, 7) is 1.67. The van der Waals surface area contributed by atoms with Gasteiger partial charge in [0, 0.05) is 11.9 Å². The molecule has 7 heteroatoms. The molecular weight excluding hydrogens is 296 g/mol. The molecule has 3 aromatic rings. The van der Waals surface area contributed by atoms with Crippen LogP contribution in [0.5, 0.6) is 0 Å². The number of aryl methyl sites for hydroxylation is 2. The largest absolute Gasteiger partial charge is 0.326 e. The molecule has 0 aliphatic carbocycles. The smallest absolute Gasteiger partial charge is 0.295 e. The maximum Gasteiger partial charge on any atom is 0.295 e. The number of benzene rings is 1. The summed E-state index contributed by atoms with van der Waals surface area (Å²) in [7, 11) is -2.31. The van der Waals surface area contributed by atoms with Crippen molar-refractivity contribution in [2.75, 3.05) is 0 Å². The molecule has 0 saturated carbocycles. The number of fused-ring (bicyclic) bond motifs is 1. The number of aromatic nitrogens is 2. The summed E-state index contributed by atoms with van der Waals surface area (Å²) in [4.78, 5) is 5.73. The predicted molar refractivity (Wildman–Crippen MR) is 78.6 cm³/mol. The molecule has 1 aromatic carbocycles. The van der Waals surface area contributed by atoms with Gasteiger partial charge in [-0.05, 0) is 25.1 Å². The average molecular weight is 308 g/mol. The molecule has 0 aliphatic rings. The monoisotopic (exact) mass is 308 g/mol. The normalized spacial score (nSPS) is 12.2. The van der Waals surface area contributed by atoms with E-state index in [0.29, 0.717) is 15.6 Å². The number of hydrogen-bond donors (Lipinski definition) is 1. The van der Waals surface area contributed by atoms with E-state index in [9.17, 15) is 13.0 Å². The molecule has 2 heterocycles. The second kappa shape index (κ2) is 4.41. The fourth-order valence-electron chi connectivity index (χ4n) is 2.20. The first-order valence-corrected chi connectivity index (χ1v) is 8.13. The van der Waals surface area contributed by atoms with Crippen molar-refractivity contribution in [2.24, 2.45) is 7.05 Å². The van der Waals surface area contributed by atoms with Crippen LogP contribution in [0.1, 0.15) is 4.88 Å². The highest BCUT2D eigenvalue weighted by Crippen LogP contribution is 2.34. The molecule has 0 bridgehead atoms. The number of para-hydroxylation sites is 2. The van der Waals surface area contributed by atoms with Crippen LogP contribution in [0.4, 0.5) is 0 Å². The maximum atomic E-state index is 11.3. The van der Waals surface area contributed by atoms with Gasteiger partial charge in [-0.15, -0.1) is 11.3 Å². The summed E-state index contributed by atoms with van der Waals surface area (Å²) in [5.74, 6) is 0.689. The SMILES string of the molecule is Cc1sc(-c2nc3ccccc3n2C)cc1S(=O)(=O)O. The van der Waals surface area contributed by atoms with E-state index in [1.807, 2.05) is 35.9 Å². The Bertz CT molecular complexity index is 907. The lowest BCUT2D eigenvalue weighted by Crippen LogP contribution is -1.97. The fourth-order valence-corrected chi connectivity index (χ4v) is 4.28. The lowest BCUT2D eigenvalue weighted by atomic mass is 10.3. The molecule has 0 unspecified atom stereocenters. The molecule has 5 nitrogen and oxygen atoms in total. The van der Waals surface area contributed by atoms with Crippen LogP contribution in [-0.2, 0) is 17.2 Å². The van der Waals surface area contributed by atoms with Gasteiger partial charge in [-0.25, -0.2) is 4.98 Å². The fraction of sp³-hybridized carbons (Fsp3) is 0.154. The molecule has 2 aromatic heterocycles. The number of imidazole rings is 1. The molecule has 1 N–H and O–H groups in total. The van der Waals surface area contributed by atoms with Crippen molar-refractivity contribution < 1.29 is 13.0 Å². The Balaban J connectivity index is 2.24. The van der Waals surface area contributed by atoms with E-state index in [1.54, 1.807) is 6.92 Å². The minimum Gasteiger partial charge on any atom is -0.326 e. The first kappa shape index (κ1) is 13.3. The summed E-state index contributed by atoms with van der Waals surface area (Å²) >= 11 is 1.30. The minimum absolute atomic E-state index is 0.0513. The van der Waals surface area contributed by atoms with Crippen molar-refractivity contribution in [3.63, 3.8) is 0 Å². The molecule has 0 aliphatic heterocycles. The van der Waals surface area contributed by atoms with Crippen LogP contribution < -0.4 is 0 Å². The number of thiophene rings is 1. The van der Waals surface area contributed by atoms with Crippen molar-refractivity contribution in [1.29, 1.82) is 0 Å². The second-order valence-electron chi connectivity index (χ2n) is 4.49. The van der Waals surface area contributed by atoms with Crippen LogP contribution in [0.2, 0.25) is 0 Å². The van der Waals surface area contributed by atoms with Crippen molar-refractivity contribution in [3.05, 3.63) is 35.2 Å². The van der Waals surface area contributed by atoms with Gasteiger partial charge < -0.3 is 4.57 Å². The summed E-state index contributed by atoms with van der Waals surface area (Å²) in [6, 6.07) is 9.16. The highest BCUT2D eigenvalue weighted by molar-refractivity contribution is 7.86. The minimum atomic E-state index is -4.19. The summed E-state index contributed by atoms with van der Waals surface area (Å²) < 4.78 is 33.7. The van der Waals surface area contributed by atoms with Crippen LogP contribution in [-0.4, -0.2) is 22.5 Å². The molecule has 0 atom stereocenters. The zero-order valence-electron chi connectivity index (χ0n) is 10.9. The summed E-state index contributed by atoms with van der Waals surface area (Å²) in [6.07, 6.45) is 0. The molecule has 3 rings (SSSR count). The van der Waals surface area contributed by atoms with Crippen LogP contribution in [0, 0.1) is 6.92 Å². The van der Waals surface area contributed by atoms with Crippen molar-refractivity contribution in [1.82, 2.24) is 9.55 Å². The van der Waals surface area contributed by atoms with Crippen molar-refractivity contribution >= 4 is 32.5 Å². The van der Waals surface area contributed by atoms with Gasteiger partial charge in [-0.3, -0.25) is 4.55 Å². The van der Waals surface area contributed by atoms with Gasteiger partial charge in [0.15, 0.2) is 5.82 Å². The van der Waals surface area contributed by atoms with Gasteiger partial charge in [0.05, 0.1) is 15.9 Å². The molecule has 104 valence electrons. The molecule has 0 fully saturated rings. The van der Waals surface area contributed by atoms with Crippen LogP contribution in [0.15, 0.2) is 35.2 Å². The molecule has 20 heavy (non-hydrogen) atoms. The van der Waals surface area contributed by atoms with Gasteiger partial charge in [-0.1, -0.05) is 12.1 Å². The lowest BCUT2D eigenvalue weighted by molar-refractivity contribution is 0.483. The van der Waals surface area contributed by atoms with Gasteiger partial charge in [0.25, 0.3) is 10.1 Å². The first-order valence-electron chi connectivity index (χ1n) is 5.87. The van der Waals surface area contributed by atoms with Crippen LogP contribution in [0.3, 0.4) is 0 Å². The Morgan fingerprint density at radius 2 is 2.00 bits per heavy atom. The number of nitrogens with zero attached hydrogens (tertiary/aromatic N) is 2. The Morgan fingerprint density at radius 3 is 2.60 bits per heavy atom. The van der Waals surface area contributed by atoms with Gasteiger partial charge in [0.1, 0.15) is 4.90 Å². The van der Waals surface area contributed by atoms with E-state index >= 15 is 0 Å². The molecule has 0 amide bonds. The highest BCUT2D eigenvalue weighted by atomic mass is 32.2. The third kappa shape index (κ3) is 2.04. The molecule has 0 spiro atoms. The predicted octanol–water partition coefficient (Wildman–Crippen LogP) is 2.86. The van der Waals surface area contributed by atoms with E-state index in [-0.39, 0.29) is 4.90 Å². The van der Waals surface area contributed by atoms with Gasteiger partial charge in [0.2, 0.25) is 0 Å². The number of rotatable bonds is 2. The zero-order chi connectivity index (χ0) is 14.5. The third-order valence-corrected chi connectivity index (χ3v) is 5.31. The molecule has 0 saturated heterocycles. The van der Waals surface area contributed by atoms with E-state index < -0.39 is 10.1 Å². The average Bonchev–Trinajstić information content (AvgIpc) is 2.91. The van der Waals surface area contributed by atoms with Crippen LogP contribution >= 0.6 is 11.3 Å². The van der Waals surface area contributed by atoms with Crippen molar-refractivity contribution in [2.45, 2.75) is 11.8 Å². The lowest BCUT2D eigenvalue weighted by Gasteiger charge is -1.98. The number of hydrogen-bond acceptors (Lipinski definition) is 4. The third-order valence-electron chi connectivity index (χ3n) is 3.16. The quantitative estimate of drug-likeness (QED) is 0.739. The first-order chi connectivity index (χ1) is 9.38. The second-order valence-corrected chi connectivity index (χ2v) is 7.14. The summed E-state index contributed by atoms with van der Waals surface area (Å²) in [5, 5.41) is 0. The highest BCUT2D eigenvalue weighted by Gasteiger charge is 2.20. The Labute approximate surface area is 120 Å². The van der Waals surface area contributed by atoms with Crippen molar-refractivity contribution in [3.8, 4) is 10.7 Å². The summed E-state index contributed by atoms with van der Waals surface area (Å²) in [5.41, 5.74) is 1.83. The van der Waals surface area contributed by atoms with E-state index in [4.69, 9.17) is 0 Å². The van der Waals surface area contributed by atoms with E-state index in [2.05, 4.69) is 4.98 Å². The molecule has 0 radical (unpaired) electrons. The van der Waals surface area contributed by atoms with E-state index in [0.717, 1.165) is 11.0 Å². The van der Waals surface area contributed by atoms with Gasteiger partial charge >= 0.3 is 0 Å². The molecular formula is C13H12N2O3S2. The maximum absolute atomic E-state index is 11.3. The topological polar surface area (TPSA) is 72.2 Å². The zero-order valence-corrected chi connectivity index (χ0v) is 12.5. The standard InChI is InChI=1S/C13H12N2O3S2/c1-8-12(20(16,17)18)7-11(19-8)13-14-9-5-3-4-6-10(9)15(13)2/h3-7H,1-2H3,(H,16,17,18). The Hall–Kier alpha value is -1.70. The Morgan fingerprint density at radius 1 is 1.30 bits per heavy atom. The Kier molecular flexibility index (Phi) is 2.93. The van der Waals surface area contributed by atoms with Gasteiger partial charge in [-0.2, -0.15) is 8.42 Å².